The zero-order valence-corrected chi connectivity index (χ0v) is 11.1. The van der Waals surface area contributed by atoms with Crippen LogP contribution in [0.1, 0.15) is 65.9 Å². The Morgan fingerprint density at radius 1 is 1.00 bits per heavy atom. The average Bonchev–Trinajstić information content (AvgIpc) is 2.59. The molecule has 0 bridgehead atoms. The molecule has 0 spiro atoms. The molecule has 19 heavy (non-hydrogen) atoms. The Morgan fingerprint density at radius 3 is 2.58 bits per heavy atom. The summed E-state index contributed by atoms with van der Waals surface area (Å²) in [5.74, 6) is 0.196. The Balaban J connectivity index is 1.92. The van der Waals surface area contributed by atoms with Crippen LogP contribution in [0.3, 0.4) is 0 Å². The van der Waals surface area contributed by atoms with Crippen molar-refractivity contribution in [1.82, 2.24) is 5.32 Å². The van der Waals surface area contributed by atoms with Gasteiger partial charge in [-0.1, -0.05) is 31.4 Å². The first-order chi connectivity index (χ1) is 9.24. The maximum Gasteiger partial charge on any atom is 0.258 e. The third-order valence-corrected chi connectivity index (χ3v) is 4.33. The fourth-order valence-electron chi connectivity index (χ4n) is 3.22. The molecule has 2 aliphatic rings. The zero-order valence-electron chi connectivity index (χ0n) is 11.1. The van der Waals surface area contributed by atoms with Gasteiger partial charge in [0.2, 0.25) is 5.91 Å². The van der Waals surface area contributed by atoms with Crippen LogP contribution in [-0.4, -0.2) is 11.8 Å². The summed E-state index contributed by atoms with van der Waals surface area (Å²) >= 11 is 0. The van der Waals surface area contributed by atoms with E-state index >= 15 is 0 Å². The number of rotatable bonds is 1. The normalized spacial score (nSPS) is 20.6. The third kappa shape index (κ3) is 2.55. The van der Waals surface area contributed by atoms with E-state index in [1.165, 1.54) is 37.7 Å². The number of carbonyl (C=O) groups is 2. The predicted octanol–water partition coefficient (Wildman–Crippen LogP) is 2.94. The van der Waals surface area contributed by atoms with Crippen LogP contribution in [0.15, 0.2) is 18.2 Å². The molecule has 3 nitrogen and oxygen atoms in total. The topological polar surface area (TPSA) is 46.2 Å². The highest BCUT2D eigenvalue weighted by Crippen LogP contribution is 2.33. The molecule has 3 rings (SSSR count). The summed E-state index contributed by atoms with van der Waals surface area (Å²) < 4.78 is 0. The van der Waals surface area contributed by atoms with Gasteiger partial charge >= 0.3 is 0 Å². The highest BCUT2D eigenvalue weighted by atomic mass is 16.2. The first kappa shape index (κ1) is 12.4. The maximum absolute atomic E-state index is 12.0. The summed E-state index contributed by atoms with van der Waals surface area (Å²) in [6.07, 6.45) is 7.41. The van der Waals surface area contributed by atoms with E-state index in [0.29, 0.717) is 24.3 Å². The highest BCUT2D eigenvalue weighted by Gasteiger charge is 2.22. The summed E-state index contributed by atoms with van der Waals surface area (Å²) in [7, 11) is 0. The van der Waals surface area contributed by atoms with Gasteiger partial charge in [-0.05, 0) is 42.4 Å². The van der Waals surface area contributed by atoms with E-state index in [9.17, 15) is 9.59 Å². The molecule has 1 fully saturated rings. The van der Waals surface area contributed by atoms with Crippen molar-refractivity contribution in [2.45, 2.75) is 50.9 Å². The fraction of sp³-hybridized carbons (Fsp3) is 0.500. The van der Waals surface area contributed by atoms with Gasteiger partial charge in [-0.25, -0.2) is 0 Å². The highest BCUT2D eigenvalue weighted by molar-refractivity contribution is 6.06. The molecular formula is C16H19NO2. The number of fused-ring (bicyclic) bond motifs is 1. The number of amides is 2. The molecule has 0 radical (unpaired) electrons. The second-order valence-electron chi connectivity index (χ2n) is 5.63. The quantitative estimate of drug-likeness (QED) is 0.786. The van der Waals surface area contributed by atoms with Gasteiger partial charge in [0.1, 0.15) is 0 Å². The van der Waals surface area contributed by atoms with Gasteiger partial charge in [-0.3, -0.25) is 14.9 Å². The number of hydrogen-bond donors (Lipinski definition) is 1. The van der Waals surface area contributed by atoms with Crippen molar-refractivity contribution in [3.63, 3.8) is 0 Å². The standard InChI is InChI=1S/C16H19NO2/c18-15-9-8-12-6-7-13(10-14(12)16(19)17-15)11-4-2-1-3-5-11/h6-7,10-11H,1-5,8-9H2,(H,17,18,19). The summed E-state index contributed by atoms with van der Waals surface area (Å²) in [4.78, 5) is 23.4. The second-order valence-corrected chi connectivity index (χ2v) is 5.63. The third-order valence-electron chi connectivity index (χ3n) is 4.33. The SMILES string of the molecule is O=C1CCc2ccc(C3CCCCC3)cc2C(=O)N1. The Morgan fingerprint density at radius 2 is 1.79 bits per heavy atom. The predicted molar refractivity (Wildman–Crippen MR) is 73.1 cm³/mol. The van der Waals surface area contributed by atoms with Crippen molar-refractivity contribution in [2.75, 3.05) is 0 Å². The Labute approximate surface area is 113 Å². The van der Waals surface area contributed by atoms with Crippen molar-refractivity contribution >= 4 is 11.8 Å². The minimum Gasteiger partial charge on any atom is -0.292 e. The van der Waals surface area contributed by atoms with Crippen LogP contribution in [0.25, 0.3) is 0 Å². The molecule has 100 valence electrons. The van der Waals surface area contributed by atoms with Crippen LogP contribution in [0.5, 0.6) is 0 Å². The minimum atomic E-state index is -0.227. The minimum absolute atomic E-state index is 0.166. The molecule has 1 heterocycles. The molecule has 0 aromatic heterocycles. The van der Waals surface area contributed by atoms with Crippen LogP contribution in [0, 0.1) is 0 Å². The molecule has 0 saturated heterocycles. The maximum atomic E-state index is 12.0. The van der Waals surface area contributed by atoms with Gasteiger partial charge in [0, 0.05) is 12.0 Å². The van der Waals surface area contributed by atoms with Crippen molar-refractivity contribution in [3.05, 3.63) is 34.9 Å². The first-order valence-electron chi connectivity index (χ1n) is 7.21. The van der Waals surface area contributed by atoms with Crippen molar-refractivity contribution in [2.24, 2.45) is 0 Å². The van der Waals surface area contributed by atoms with E-state index < -0.39 is 0 Å². The lowest BCUT2D eigenvalue weighted by Gasteiger charge is -2.22. The van der Waals surface area contributed by atoms with Gasteiger partial charge < -0.3 is 0 Å². The molecule has 0 unspecified atom stereocenters. The van der Waals surface area contributed by atoms with Crippen molar-refractivity contribution < 1.29 is 9.59 Å². The molecular weight excluding hydrogens is 238 g/mol. The molecule has 1 aromatic rings. The number of aryl methyl sites for hydroxylation is 1. The van der Waals surface area contributed by atoms with Crippen LogP contribution in [0.2, 0.25) is 0 Å². The molecule has 1 aromatic carbocycles. The average molecular weight is 257 g/mol. The number of hydrogen-bond acceptors (Lipinski definition) is 2. The van der Waals surface area contributed by atoms with E-state index in [1.54, 1.807) is 0 Å². The van der Waals surface area contributed by atoms with Gasteiger partial charge in [-0.15, -0.1) is 0 Å². The van der Waals surface area contributed by atoms with E-state index in [2.05, 4.69) is 11.4 Å². The van der Waals surface area contributed by atoms with Crippen LogP contribution in [0.4, 0.5) is 0 Å². The van der Waals surface area contributed by atoms with Crippen LogP contribution >= 0.6 is 0 Å². The molecule has 1 aliphatic heterocycles. The lowest BCUT2D eigenvalue weighted by Crippen LogP contribution is -2.28. The van der Waals surface area contributed by atoms with E-state index in [4.69, 9.17) is 0 Å². The van der Waals surface area contributed by atoms with Crippen molar-refractivity contribution in [3.8, 4) is 0 Å². The van der Waals surface area contributed by atoms with Gasteiger partial charge in [-0.2, -0.15) is 0 Å². The summed E-state index contributed by atoms with van der Waals surface area (Å²) in [6.45, 7) is 0. The molecule has 1 saturated carbocycles. The Hall–Kier alpha value is -1.64. The molecule has 0 atom stereocenters. The summed E-state index contributed by atoms with van der Waals surface area (Å²) in [5, 5.41) is 2.45. The molecule has 3 heteroatoms. The number of nitrogens with one attached hydrogen (secondary N) is 1. The summed E-state index contributed by atoms with van der Waals surface area (Å²) in [6, 6.07) is 6.20. The first-order valence-corrected chi connectivity index (χ1v) is 7.21. The van der Waals surface area contributed by atoms with Crippen LogP contribution in [-0.2, 0) is 11.2 Å². The molecule has 2 amide bonds. The number of benzene rings is 1. The van der Waals surface area contributed by atoms with E-state index in [-0.39, 0.29) is 11.8 Å². The molecule has 1 N–H and O–H groups in total. The van der Waals surface area contributed by atoms with Gasteiger partial charge in [0.25, 0.3) is 5.91 Å². The monoisotopic (exact) mass is 257 g/mol. The Bertz CT molecular complexity index is 515. The number of carbonyl (C=O) groups excluding carboxylic acids is 2. The fourth-order valence-corrected chi connectivity index (χ4v) is 3.22. The summed E-state index contributed by atoms with van der Waals surface area (Å²) in [5.41, 5.74) is 2.97. The lowest BCUT2D eigenvalue weighted by molar-refractivity contribution is -0.119. The van der Waals surface area contributed by atoms with Gasteiger partial charge in [0.05, 0.1) is 0 Å². The van der Waals surface area contributed by atoms with Crippen molar-refractivity contribution in [1.29, 1.82) is 0 Å². The molecule has 1 aliphatic carbocycles. The lowest BCUT2D eigenvalue weighted by atomic mass is 9.83. The smallest absolute Gasteiger partial charge is 0.258 e. The Kier molecular flexibility index (Phi) is 3.36. The van der Waals surface area contributed by atoms with E-state index in [0.717, 1.165) is 5.56 Å². The van der Waals surface area contributed by atoms with Crippen LogP contribution < -0.4 is 5.32 Å². The van der Waals surface area contributed by atoms with E-state index in [1.807, 2.05) is 12.1 Å². The largest absolute Gasteiger partial charge is 0.292 e. The second kappa shape index (κ2) is 5.16. The number of imide groups is 1. The van der Waals surface area contributed by atoms with Gasteiger partial charge in [0.15, 0.2) is 0 Å². The zero-order chi connectivity index (χ0) is 13.2.